The van der Waals surface area contributed by atoms with Crippen LogP contribution in [0.3, 0.4) is 0 Å². The zero-order chi connectivity index (χ0) is 21.2. The number of carbonyl (C=O) groups is 2. The first-order chi connectivity index (χ1) is 13.8. The molecule has 1 aliphatic heterocycles. The number of aromatic nitrogens is 1. The van der Waals surface area contributed by atoms with Gasteiger partial charge in [0.15, 0.2) is 9.84 Å². The van der Waals surface area contributed by atoms with Crippen molar-refractivity contribution in [1.82, 2.24) is 10.3 Å². The number of esters is 1. The topological polar surface area (TPSA) is 115 Å². The number of aromatic amines is 1. The SMILES string of the molecule is COCCOC(=O)c1c(C)[nH]c(C(=O)NC2CCS(=O)(=O)c3ccccc32)c1C. The minimum atomic E-state index is -3.34. The van der Waals surface area contributed by atoms with Gasteiger partial charge in [-0.1, -0.05) is 18.2 Å². The Labute approximate surface area is 169 Å². The quantitative estimate of drug-likeness (QED) is 0.546. The second kappa shape index (κ2) is 8.38. The molecule has 1 aromatic carbocycles. The smallest absolute Gasteiger partial charge is 0.340 e. The van der Waals surface area contributed by atoms with Crippen LogP contribution in [0.15, 0.2) is 29.2 Å². The van der Waals surface area contributed by atoms with E-state index in [-0.39, 0.29) is 36.0 Å². The summed E-state index contributed by atoms with van der Waals surface area (Å²) in [5, 5.41) is 2.89. The molecule has 1 aliphatic rings. The number of rotatable bonds is 6. The molecule has 1 aromatic heterocycles. The van der Waals surface area contributed by atoms with E-state index in [1.807, 2.05) is 0 Å². The zero-order valence-corrected chi connectivity index (χ0v) is 17.4. The van der Waals surface area contributed by atoms with Gasteiger partial charge in [0.2, 0.25) is 0 Å². The van der Waals surface area contributed by atoms with Crippen molar-refractivity contribution in [3.8, 4) is 0 Å². The molecule has 0 saturated heterocycles. The average molecular weight is 420 g/mol. The number of amides is 1. The van der Waals surface area contributed by atoms with Crippen LogP contribution in [0.5, 0.6) is 0 Å². The molecule has 0 saturated carbocycles. The van der Waals surface area contributed by atoms with Gasteiger partial charge in [-0.15, -0.1) is 0 Å². The number of ether oxygens (including phenoxy) is 2. The lowest BCUT2D eigenvalue weighted by Crippen LogP contribution is -2.34. The minimum absolute atomic E-state index is 0.0330. The third kappa shape index (κ3) is 4.20. The Morgan fingerprint density at radius 1 is 1.21 bits per heavy atom. The third-order valence-corrected chi connectivity index (χ3v) is 6.81. The van der Waals surface area contributed by atoms with Gasteiger partial charge < -0.3 is 19.8 Å². The molecule has 1 unspecified atom stereocenters. The van der Waals surface area contributed by atoms with Gasteiger partial charge in [-0.05, 0) is 37.5 Å². The van der Waals surface area contributed by atoms with Gasteiger partial charge in [-0.2, -0.15) is 0 Å². The fourth-order valence-corrected chi connectivity index (χ4v) is 5.16. The van der Waals surface area contributed by atoms with E-state index in [1.54, 1.807) is 38.1 Å². The first-order valence-electron chi connectivity index (χ1n) is 9.24. The second-order valence-electron chi connectivity index (χ2n) is 6.93. The molecule has 0 aliphatic carbocycles. The van der Waals surface area contributed by atoms with E-state index in [4.69, 9.17) is 9.47 Å². The van der Waals surface area contributed by atoms with Crippen LogP contribution in [0.2, 0.25) is 0 Å². The summed E-state index contributed by atoms with van der Waals surface area (Å²) in [5.74, 6) is -0.962. The fourth-order valence-electron chi connectivity index (χ4n) is 3.54. The molecule has 1 atom stereocenters. The predicted molar refractivity (Wildman–Crippen MR) is 106 cm³/mol. The standard InChI is InChI=1S/C20H24N2O6S/c1-12-17(20(24)28-10-9-27-3)13(2)21-18(12)19(23)22-15-8-11-29(25,26)16-7-5-4-6-14(15)16/h4-7,15,21H,8-11H2,1-3H3,(H,22,23). The van der Waals surface area contributed by atoms with E-state index < -0.39 is 27.8 Å². The monoisotopic (exact) mass is 420 g/mol. The van der Waals surface area contributed by atoms with Crippen molar-refractivity contribution in [3.63, 3.8) is 0 Å². The highest BCUT2D eigenvalue weighted by atomic mass is 32.2. The molecule has 2 heterocycles. The van der Waals surface area contributed by atoms with Crippen LogP contribution in [0.25, 0.3) is 0 Å². The molecule has 156 valence electrons. The Morgan fingerprint density at radius 3 is 2.66 bits per heavy atom. The van der Waals surface area contributed by atoms with Crippen LogP contribution in [0.4, 0.5) is 0 Å². The van der Waals surface area contributed by atoms with Gasteiger partial charge in [-0.3, -0.25) is 4.79 Å². The lowest BCUT2D eigenvalue weighted by atomic mass is 10.0. The van der Waals surface area contributed by atoms with E-state index in [0.29, 0.717) is 22.4 Å². The number of fused-ring (bicyclic) bond motifs is 1. The lowest BCUT2D eigenvalue weighted by molar-refractivity contribution is 0.0386. The Kier molecular flexibility index (Phi) is 6.09. The molecular formula is C20H24N2O6S. The van der Waals surface area contributed by atoms with E-state index in [9.17, 15) is 18.0 Å². The maximum absolute atomic E-state index is 12.9. The van der Waals surface area contributed by atoms with Crippen LogP contribution in [-0.4, -0.2) is 51.4 Å². The van der Waals surface area contributed by atoms with Crippen molar-refractivity contribution in [3.05, 3.63) is 52.3 Å². The van der Waals surface area contributed by atoms with Crippen molar-refractivity contribution in [1.29, 1.82) is 0 Å². The Morgan fingerprint density at radius 2 is 1.93 bits per heavy atom. The highest BCUT2D eigenvalue weighted by molar-refractivity contribution is 7.91. The molecule has 2 aromatic rings. The summed E-state index contributed by atoms with van der Waals surface area (Å²) in [6.07, 6.45) is 0.287. The van der Waals surface area contributed by atoms with Gasteiger partial charge >= 0.3 is 5.97 Å². The highest BCUT2D eigenvalue weighted by Gasteiger charge is 2.32. The number of H-pyrrole nitrogens is 1. The number of sulfone groups is 1. The van der Waals surface area contributed by atoms with Gasteiger partial charge in [0.1, 0.15) is 12.3 Å². The lowest BCUT2D eigenvalue weighted by Gasteiger charge is -2.26. The molecule has 0 fully saturated rings. The van der Waals surface area contributed by atoms with E-state index in [1.165, 1.54) is 7.11 Å². The van der Waals surface area contributed by atoms with Crippen molar-refractivity contribution in [2.24, 2.45) is 0 Å². The number of hydrogen-bond acceptors (Lipinski definition) is 6. The fraction of sp³-hybridized carbons (Fsp3) is 0.400. The molecule has 0 spiro atoms. The number of aryl methyl sites for hydroxylation is 1. The van der Waals surface area contributed by atoms with Crippen molar-refractivity contribution < 1.29 is 27.5 Å². The molecule has 29 heavy (non-hydrogen) atoms. The summed E-state index contributed by atoms with van der Waals surface area (Å²) in [5.41, 5.74) is 2.16. The first-order valence-corrected chi connectivity index (χ1v) is 10.9. The van der Waals surface area contributed by atoms with Crippen LogP contribution >= 0.6 is 0 Å². The van der Waals surface area contributed by atoms with E-state index >= 15 is 0 Å². The highest BCUT2D eigenvalue weighted by Crippen LogP contribution is 2.32. The van der Waals surface area contributed by atoms with Crippen LogP contribution in [-0.2, 0) is 19.3 Å². The molecule has 3 rings (SSSR count). The summed E-state index contributed by atoms with van der Waals surface area (Å²) in [6.45, 7) is 3.77. The maximum Gasteiger partial charge on any atom is 0.340 e. The summed E-state index contributed by atoms with van der Waals surface area (Å²) in [6, 6.07) is 6.25. The summed E-state index contributed by atoms with van der Waals surface area (Å²) < 4.78 is 34.6. The van der Waals surface area contributed by atoms with E-state index in [0.717, 1.165) is 0 Å². The summed E-state index contributed by atoms with van der Waals surface area (Å²) in [7, 11) is -1.83. The van der Waals surface area contributed by atoms with Crippen LogP contribution in [0, 0.1) is 13.8 Å². The minimum Gasteiger partial charge on any atom is -0.460 e. The summed E-state index contributed by atoms with van der Waals surface area (Å²) >= 11 is 0. The van der Waals surface area contributed by atoms with Crippen LogP contribution in [0.1, 0.15) is 50.1 Å². The predicted octanol–water partition coefficient (Wildman–Crippen LogP) is 2.08. The van der Waals surface area contributed by atoms with Crippen LogP contribution < -0.4 is 5.32 Å². The molecular weight excluding hydrogens is 396 g/mol. The number of carbonyl (C=O) groups excluding carboxylic acids is 2. The summed E-state index contributed by atoms with van der Waals surface area (Å²) in [4.78, 5) is 28.4. The maximum atomic E-state index is 12.9. The van der Waals surface area contributed by atoms with Gasteiger partial charge in [-0.25, -0.2) is 13.2 Å². The van der Waals surface area contributed by atoms with Gasteiger partial charge in [0.05, 0.1) is 28.9 Å². The third-order valence-electron chi connectivity index (χ3n) is 5.00. The van der Waals surface area contributed by atoms with Crippen molar-refractivity contribution in [2.45, 2.75) is 31.2 Å². The molecule has 0 radical (unpaired) electrons. The van der Waals surface area contributed by atoms with Gasteiger partial charge in [0, 0.05) is 12.8 Å². The van der Waals surface area contributed by atoms with Crippen molar-refractivity contribution in [2.75, 3.05) is 26.1 Å². The Bertz CT molecular complexity index is 1040. The van der Waals surface area contributed by atoms with Gasteiger partial charge in [0.25, 0.3) is 5.91 Å². The molecule has 8 nitrogen and oxygen atoms in total. The molecule has 1 amide bonds. The first kappa shape index (κ1) is 21.1. The Balaban J connectivity index is 1.82. The second-order valence-corrected chi connectivity index (χ2v) is 9.00. The normalized spacial score (nSPS) is 17.4. The number of benzene rings is 1. The number of methoxy groups -OCH3 is 1. The largest absolute Gasteiger partial charge is 0.460 e. The molecule has 0 bridgehead atoms. The van der Waals surface area contributed by atoms with Crippen molar-refractivity contribution >= 4 is 21.7 Å². The number of hydrogen-bond donors (Lipinski definition) is 2. The average Bonchev–Trinajstić information content (AvgIpc) is 2.99. The Hall–Kier alpha value is -2.65. The number of nitrogens with one attached hydrogen (secondary N) is 2. The molecule has 2 N–H and O–H groups in total. The molecule has 9 heteroatoms. The van der Waals surface area contributed by atoms with E-state index in [2.05, 4.69) is 10.3 Å². The zero-order valence-electron chi connectivity index (χ0n) is 16.6.